The standard InChI is InChI=1S/C22H27N3O3/c1-16-8-9-17(2)19(14-16)24-22(27)21(26)23-10-11-25-12-13-28-20(15-25)18-6-4-3-5-7-18/h3-9,14,20H,10-13,15H2,1-2H3,(H,23,26)(H,24,27). The number of hydrogen-bond acceptors (Lipinski definition) is 4. The van der Waals surface area contributed by atoms with Crippen LogP contribution >= 0.6 is 0 Å². The number of anilines is 1. The Morgan fingerprint density at radius 3 is 2.68 bits per heavy atom. The van der Waals surface area contributed by atoms with Crippen LogP contribution in [0.25, 0.3) is 0 Å². The highest BCUT2D eigenvalue weighted by Gasteiger charge is 2.22. The summed E-state index contributed by atoms with van der Waals surface area (Å²) < 4.78 is 5.85. The van der Waals surface area contributed by atoms with Crippen LogP contribution in [0.15, 0.2) is 48.5 Å². The normalized spacial score (nSPS) is 17.1. The van der Waals surface area contributed by atoms with Gasteiger partial charge in [0.1, 0.15) is 0 Å². The molecule has 28 heavy (non-hydrogen) atoms. The second-order valence-corrected chi connectivity index (χ2v) is 7.10. The van der Waals surface area contributed by atoms with Crippen molar-refractivity contribution in [2.75, 3.05) is 38.1 Å². The molecule has 3 rings (SSSR count). The molecule has 1 heterocycles. The van der Waals surface area contributed by atoms with E-state index in [9.17, 15) is 9.59 Å². The second kappa shape index (κ2) is 9.48. The first-order valence-corrected chi connectivity index (χ1v) is 9.58. The van der Waals surface area contributed by atoms with Gasteiger partial charge >= 0.3 is 11.8 Å². The molecule has 148 valence electrons. The van der Waals surface area contributed by atoms with Crippen LogP contribution in [-0.2, 0) is 14.3 Å². The molecule has 0 saturated carbocycles. The van der Waals surface area contributed by atoms with E-state index in [1.54, 1.807) is 0 Å². The van der Waals surface area contributed by atoms with Crippen LogP contribution in [0.3, 0.4) is 0 Å². The molecular formula is C22H27N3O3. The van der Waals surface area contributed by atoms with Gasteiger partial charge in [-0.3, -0.25) is 14.5 Å². The Hall–Kier alpha value is -2.70. The Kier molecular flexibility index (Phi) is 6.79. The van der Waals surface area contributed by atoms with Crippen LogP contribution in [0, 0.1) is 13.8 Å². The lowest BCUT2D eigenvalue weighted by Crippen LogP contribution is -2.44. The molecule has 2 amide bonds. The summed E-state index contributed by atoms with van der Waals surface area (Å²) in [5.41, 5.74) is 3.77. The maximum atomic E-state index is 12.1. The summed E-state index contributed by atoms with van der Waals surface area (Å²) in [7, 11) is 0. The Morgan fingerprint density at radius 2 is 1.89 bits per heavy atom. The van der Waals surface area contributed by atoms with E-state index in [0.29, 0.717) is 25.4 Å². The van der Waals surface area contributed by atoms with Crippen LogP contribution in [0.2, 0.25) is 0 Å². The number of nitrogens with zero attached hydrogens (tertiary/aromatic N) is 1. The zero-order chi connectivity index (χ0) is 19.9. The first-order chi connectivity index (χ1) is 13.5. The van der Waals surface area contributed by atoms with E-state index in [0.717, 1.165) is 29.8 Å². The highest BCUT2D eigenvalue weighted by molar-refractivity contribution is 6.39. The van der Waals surface area contributed by atoms with Gasteiger partial charge in [-0.1, -0.05) is 42.5 Å². The second-order valence-electron chi connectivity index (χ2n) is 7.10. The number of rotatable bonds is 5. The SMILES string of the molecule is Cc1ccc(C)c(NC(=O)C(=O)NCCN2CCOC(c3ccccc3)C2)c1. The van der Waals surface area contributed by atoms with Gasteiger partial charge in [-0.15, -0.1) is 0 Å². The fraction of sp³-hybridized carbons (Fsp3) is 0.364. The number of amides is 2. The molecule has 1 unspecified atom stereocenters. The van der Waals surface area contributed by atoms with Gasteiger partial charge < -0.3 is 15.4 Å². The number of carbonyl (C=O) groups is 2. The Morgan fingerprint density at radius 1 is 1.11 bits per heavy atom. The van der Waals surface area contributed by atoms with Crippen molar-refractivity contribution in [2.45, 2.75) is 20.0 Å². The van der Waals surface area contributed by atoms with Crippen LogP contribution in [0.4, 0.5) is 5.69 Å². The average Bonchev–Trinajstić information content (AvgIpc) is 2.71. The van der Waals surface area contributed by atoms with Crippen molar-refractivity contribution >= 4 is 17.5 Å². The first kappa shape index (κ1) is 20.0. The third-order valence-corrected chi connectivity index (χ3v) is 4.88. The van der Waals surface area contributed by atoms with Crippen molar-refractivity contribution in [3.63, 3.8) is 0 Å². The van der Waals surface area contributed by atoms with E-state index < -0.39 is 11.8 Å². The molecule has 6 nitrogen and oxygen atoms in total. The Balaban J connectivity index is 1.44. The molecule has 0 spiro atoms. The summed E-state index contributed by atoms with van der Waals surface area (Å²) in [4.78, 5) is 26.5. The Labute approximate surface area is 165 Å². The van der Waals surface area contributed by atoms with E-state index in [1.807, 2.05) is 50.2 Å². The Bertz CT molecular complexity index is 823. The smallest absolute Gasteiger partial charge is 0.313 e. The predicted molar refractivity (Wildman–Crippen MR) is 109 cm³/mol. The van der Waals surface area contributed by atoms with E-state index in [1.165, 1.54) is 0 Å². The minimum atomic E-state index is -0.641. The number of hydrogen-bond donors (Lipinski definition) is 2. The lowest BCUT2D eigenvalue weighted by atomic mass is 10.1. The van der Waals surface area contributed by atoms with Gasteiger partial charge in [0.25, 0.3) is 0 Å². The monoisotopic (exact) mass is 381 g/mol. The quantitative estimate of drug-likeness (QED) is 0.781. The third-order valence-electron chi connectivity index (χ3n) is 4.88. The fourth-order valence-electron chi connectivity index (χ4n) is 3.23. The highest BCUT2D eigenvalue weighted by Crippen LogP contribution is 2.21. The number of carbonyl (C=O) groups excluding carboxylic acids is 2. The number of ether oxygens (including phenoxy) is 1. The molecule has 1 aliphatic heterocycles. The van der Waals surface area contributed by atoms with Crippen LogP contribution < -0.4 is 10.6 Å². The molecule has 1 fully saturated rings. The van der Waals surface area contributed by atoms with Crippen molar-refractivity contribution in [3.05, 3.63) is 65.2 Å². The molecule has 1 saturated heterocycles. The van der Waals surface area contributed by atoms with Crippen molar-refractivity contribution in [3.8, 4) is 0 Å². The minimum Gasteiger partial charge on any atom is -0.371 e. The topological polar surface area (TPSA) is 70.7 Å². The lowest BCUT2D eigenvalue weighted by Gasteiger charge is -2.33. The minimum absolute atomic E-state index is 0.0400. The van der Waals surface area contributed by atoms with E-state index in [2.05, 4.69) is 27.7 Å². The molecule has 2 aromatic carbocycles. The summed E-state index contributed by atoms with van der Waals surface area (Å²) in [6, 6.07) is 15.9. The van der Waals surface area contributed by atoms with Crippen LogP contribution in [-0.4, -0.2) is 49.5 Å². The van der Waals surface area contributed by atoms with Crippen molar-refractivity contribution in [2.24, 2.45) is 0 Å². The summed E-state index contributed by atoms with van der Waals surface area (Å²) >= 11 is 0. The molecule has 0 bridgehead atoms. The van der Waals surface area contributed by atoms with Crippen LogP contribution in [0.1, 0.15) is 22.8 Å². The molecule has 0 aliphatic carbocycles. The van der Waals surface area contributed by atoms with Gasteiger partial charge in [0.2, 0.25) is 0 Å². The van der Waals surface area contributed by atoms with Crippen molar-refractivity contribution in [1.82, 2.24) is 10.2 Å². The van der Waals surface area contributed by atoms with E-state index in [-0.39, 0.29) is 6.10 Å². The molecule has 2 aromatic rings. The molecule has 1 atom stereocenters. The number of aryl methyl sites for hydroxylation is 2. The molecule has 0 aromatic heterocycles. The summed E-state index contributed by atoms with van der Waals surface area (Å²) in [5.74, 6) is -1.26. The number of morpholine rings is 1. The summed E-state index contributed by atoms with van der Waals surface area (Å²) in [6.07, 6.45) is 0.0400. The lowest BCUT2D eigenvalue weighted by molar-refractivity contribution is -0.136. The molecule has 1 aliphatic rings. The number of benzene rings is 2. The largest absolute Gasteiger partial charge is 0.371 e. The van der Waals surface area contributed by atoms with Crippen LogP contribution in [0.5, 0.6) is 0 Å². The maximum absolute atomic E-state index is 12.1. The molecule has 6 heteroatoms. The van der Waals surface area contributed by atoms with Gasteiger partial charge in [0.05, 0.1) is 12.7 Å². The zero-order valence-corrected chi connectivity index (χ0v) is 16.4. The van der Waals surface area contributed by atoms with E-state index in [4.69, 9.17) is 4.74 Å². The van der Waals surface area contributed by atoms with Gasteiger partial charge in [-0.25, -0.2) is 0 Å². The maximum Gasteiger partial charge on any atom is 0.313 e. The predicted octanol–water partition coefficient (Wildman–Crippen LogP) is 2.43. The summed E-state index contributed by atoms with van der Waals surface area (Å²) in [6.45, 7) is 7.17. The first-order valence-electron chi connectivity index (χ1n) is 9.58. The zero-order valence-electron chi connectivity index (χ0n) is 16.4. The highest BCUT2D eigenvalue weighted by atomic mass is 16.5. The summed E-state index contributed by atoms with van der Waals surface area (Å²) in [5, 5.41) is 5.39. The van der Waals surface area contributed by atoms with Gasteiger partial charge in [0.15, 0.2) is 0 Å². The van der Waals surface area contributed by atoms with Crippen molar-refractivity contribution < 1.29 is 14.3 Å². The molecule has 0 radical (unpaired) electrons. The fourth-order valence-corrected chi connectivity index (χ4v) is 3.23. The van der Waals surface area contributed by atoms with E-state index >= 15 is 0 Å². The average molecular weight is 381 g/mol. The van der Waals surface area contributed by atoms with Crippen molar-refractivity contribution in [1.29, 1.82) is 0 Å². The van der Waals surface area contributed by atoms with Gasteiger partial charge in [-0.05, 0) is 36.6 Å². The molecular weight excluding hydrogens is 354 g/mol. The third kappa shape index (κ3) is 5.41. The van der Waals surface area contributed by atoms with Gasteiger partial charge in [-0.2, -0.15) is 0 Å². The molecule has 2 N–H and O–H groups in total. The number of nitrogens with one attached hydrogen (secondary N) is 2. The van der Waals surface area contributed by atoms with Gasteiger partial charge in [0, 0.05) is 31.9 Å².